The fourth-order valence-corrected chi connectivity index (χ4v) is 2.43. The molecule has 1 amide bonds. The predicted octanol–water partition coefficient (Wildman–Crippen LogP) is 4.45. The number of hydrogen-bond acceptors (Lipinski definition) is 3. The first-order valence-corrected chi connectivity index (χ1v) is 7.93. The number of nitrogens with zero attached hydrogens (tertiary/aromatic N) is 1. The van der Waals surface area contributed by atoms with Gasteiger partial charge < -0.3 is 10.6 Å². The molecule has 0 aliphatic heterocycles. The number of para-hydroxylation sites is 1. The Hall–Kier alpha value is -3.21. The Morgan fingerprint density at radius 1 is 1.08 bits per heavy atom. The van der Waals surface area contributed by atoms with Crippen molar-refractivity contribution in [2.24, 2.45) is 0 Å². The third kappa shape index (κ3) is 4.64. The molecule has 3 rings (SSSR count). The van der Waals surface area contributed by atoms with Crippen LogP contribution in [0.4, 0.5) is 21.6 Å². The van der Waals surface area contributed by atoms with E-state index in [1.807, 2.05) is 37.3 Å². The van der Waals surface area contributed by atoms with Crippen LogP contribution in [0.5, 0.6) is 0 Å². The number of pyridine rings is 1. The van der Waals surface area contributed by atoms with E-state index >= 15 is 0 Å². The highest BCUT2D eigenvalue weighted by Crippen LogP contribution is 2.20. The maximum absolute atomic E-state index is 13.1. The van der Waals surface area contributed by atoms with Crippen molar-refractivity contribution in [3.8, 4) is 0 Å². The molecule has 0 fully saturated rings. The number of carbonyl (C=O) groups is 1. The summed E-state index contributed by atoms with van der Waals surface area (Å²) in [4.78, 5) is 16.3. The summed E-state index contributed by atoms with van der Waals surface area (Å²) in [5, 5.41) is 5.99. The summed E-state index contributed by atoms with van der Waals surface area (Å²) >= 11 is 0. The van der Waals surface area contributed by atoms with E-state index < -0.39 is 0 Å². The zero-order valence-electron chi connectivity index (χ0n) is 13.8. The Labute approximate surface area is 145 Å². The molecule has 0 bridgehead atoms. The van der Waals surface area contributed by atoms with Gasteiger partial charge in [0.2, 0.25) is 5.91 Å². The van der Waals surface area contributed by atoms with E-state index in [1.165, 1.54) is 12.1 Å². The molecule has 5 heteroatoms. The van der Waals surface area contributed by atoms with Crippen LogP contribution in [0.2, 0.25) is 0 Å². The topological polar surface area (TPSA) is 54.0 Å². The van der Waals surface area contributed by atoms with Gasteiger partial charge >= 0.3 is 0 Å². The molecule has 0 saturated heterocycles. The second-order valence-electron chi connectivity index (χ2n) is 5.73. The molecule has 0 radical (unpaired) electrons. The second kappa shape index (κ2) is 7.57. The summed E-state index contributed by atoms with van der Waals surface area (Å²) in [7, 11) is 0. The highest BCUT2D eigenvalue weighted by atomic mass is 19.1. The van der Waals surface area contributed by atoms with Crippen molar-refractivity contribution >= 4 is 23.1 Å². The van der Waals surface area contributed by atoms with Crippen LogP contribution in [-0.2, 0) is 11.2 Å². The lowest BCUT2D eigenvalue weighted by Gasteiger charge is -2.10. The van der Waals surface area contributed by atoms with Crippen molar-refractivity contribution in [2.45, 2.75) is 13.3 Å². The molecule has 25 heavy (non-hydrogen) atoms. The maximum Gasteiger partial charge on any atom is 0.229 e. The Balaban J connectivity index is 1.60. The lowest BCUT2D eigenvalue weighted by Crippen LogP contribution is -2.15. The van der Waals surface area contributed by atoms with Crippen LogP contribution in [-0.4, -0.2) is 10.9 Å². The van der Waals surface area contributed by atoms with Gasteiger partial charge in [0.1, 0.15) is 11.6 Å². The molecule has 2 aromatic carbocycles. The van der Waals surface area contributed by atoms with Crippen LogP contribution in [0.25, 0.3) is 0 Å². The molecule has 4 nitrogen and oxygen atoms in total. The van der Waals surface area contributed by atoms with Crippen molar-refractivity contribution in [3.05, 3.63) is 83.8 Å². The van der Waals surface area contributed by atoms with Crippen molar-refractivity contribution in [1.29, 1.82) is 0 Å². The van der Waals surface area contributed by atoms with E-state index in [4.69, 9.17) is 0 Å². The molecule has 3 aromatic rings. The van der Waals surface area contributed by atoms with Gasteiger partial charge in [-0.2, -0.15) is 0 Å². The third-order valence-corrected chi connectivity index (χ3v) is 3.71. The predicted molar refractivity (Wildman–Crippen MR) is 97.4 cm³/mol. The number of carbonyl (C=O) groups excluding carboxylic acids is 1. The van der Waals surface area contributed by atoms with Crippen molar-refractivity contribution in [2.75, 3.05) is 10.6 Å². The number of anilines is 3. The molecule has 0 spiro atoms. The number of benzene rings is 2. The SMILES string of the molecule is Cc1ccccc1Nc1ccc(NC(=O)Cc2cccc(F)c2)nc1. The lowest BCUT2D eigenvalue weighted by molar-refractivity contribution is -0.115. The van der Waals surface area contributed by atoms with Gasteiger partial charge in [-0.15, -0.1) is 0 Å². The minimum absolute atomic E-state index is 0.0999. The maximum atomic E-state index is 13.1. The van der Waals surface area contributed by atoms with Crippen molar-refractivity contribution in [1.82, 2.24) is 4.98 Å². The molecule has 1 heterocycles. The molecular formula is C20H18FN3O. The van der Waals surface area contributed by atoms with Crippen molar-refractivity contribution < 1.29 is 9.18 Å². The lowest BCUT2D eigenvalue weighted by atomic mass is 10.1. The van der Waals surface area contributed by atoms with Crippen LogP contribution in [0, 0.1) is 12.7 Å². The molecule has 0 aliphatic carbocycles. The van der Waals surface area contributed by atoms with Crippen LogP contribution >= 0.6 is 0 Å². The van der Waals surface area contributed by atoms with E-state index in [0.29, 0.717) is 11.4 Å². The quantitative estimate of drug-likeness (QED) is 0.724. The van der Waals surface area contributed by atoms with Crippen LogP contribution in [0.1, 0.15) is 11.1 Å². The molecular weight excluding hydrogens is 317 g/mol. The molecule has 0 aliphatic rings. The second-order valence-corrected chi connectivity index (χ2v) is 5.73. The number of rotatable bonds is 5. The summed E-state index contributed by atoms with van der Waals surface area (Å²) in [6.07, 6.45) is 1.76. The molecule has 2 N–H and O–H groups in total. The Morgan fingerprint density at radius 2 is 1.92 bits per heavy atom. The minimum Gasteiger partial charge on any atom is -0.354 e. The first-order valence-electron chi connectivity index (χ1n) is 7.93. The molecule has 1 aromatic heterocycles. The van der Waals surface area contributed by atoms with Gasteiger partial charge in [0.05, 0.1) is 18.3 Å². The summed E-state index contributed by atoms with van der Waals surface area (Å²) in [5.74, 6) is -0.135. The average Bonchev–Trinajstić information content (AvgIpc) is 2.58. The zero-order valence-corrected chi connectivity index (χ0v) is 13.8. The number of aryl methyl sites for hydroxylation is 1. The standard InChI is InChI=1S/C20H18FN3O/c1-14-5-2-3-8-18(14)23-17-9-10-19(22-13-17)24-20(25)12-15-6-4-7-16(21)11-15/h2-11,13,23H,12H2,1H3,(H,22,24,25). The van der Waals surface area contributed by atoms with E-state index in [2.05, 4.69) is 15.6 Å². The van der Waals surface area contributed by atoms with Crippen LogP contribution < -0.4 is 10.6 Å². The van der Waals surface area contributed by atoms with Crippen LogP contribution in [0.15, 0.2) is 66.9 Å². The highest BCUT2D eigenvalue weighted by Gasteiger charge is 2.06. The first-order chi connectivity index (χ1) is 12.1. The monoisotopic (exact) mass is 335 g/mol. The summed E-state index contributed by atoms with van der Waals surface area (Å²) in [6.45, 7) is 2.02. The molecule has 126 valence electrons. The number of aromatic nitrogens is 1. The third-order valence-electron chi connectivity index (χ3n) is 3.71. The first kappa shape index (κ1) is 16.6. The van der Waals surface area contributed by atoms with E-state index in [1.54, 1.807) is 24.4 Å². The fraction of sp³-hybridized carbons (Fsp3) is 0.100. The van der Waals surface area contributed by atoms with Gasteiger partial charge in [-0.05, 0) is 48.4 Å². The number of halogens is 1. The molecule has 0 atom stereocenters. The Kier molecular flexibility index (Phi) is 5.04. The zero-order chi connectivity index (χ0) is 17.6. The Bertz CT molecular complexity index is 878. The van der Waals surface area contributed by atoms with Gasteiger partial charge in [-0.1, -0.05) is 30.3 Å². The number of hydrogen-bond donors (Lipinski definition) is 2. The summed E-state index contributed by atoms with van der Waals surface area (Å²) < 4.78 is 13.1. The number of nitrogens with one attached hydrogen (secondary N) is 2. The normalized spacial score (nSPS) is 10.3. The minimum atomic E-state index is -0.352. The smallest absolute Gasteiger partial charge is 0.229 e. The fourth-order valence-electron chi connectivity index (χ4n) is 2.43. The number of amides is 1. The summed E-state index contributed by atoms with van der Waals surface area (Å²) in [6, 6.07) is 17.5. The summed E-state index contributed by atoms with van der Waals surface area (Å²) in [5.41, 5.74) is 3.59. The van der Waals surface area contributed by atoms with Gasteiger partial charge in [-0.25, -0.2) is 9.37 Å². The van der Waals surface area contributed by atoms with Crippen molar-refractivity contribution in [3.63, 3.8) is 0 Å². The largest absolute Gasteiger partial charge is 0.354 e. The van der Waals surface area contributed by atoms with Gasteiger partial charge in [0, 0.05) is 5.69 Å². The highest BCUT2D eigenvalue weighted by molar-refractivity contribution is 5.91. The van der Waals surface area contributed by atoms with Gasteiger partial charge in [-0.3, -0.25) is 4.79 Å². The van der Waals surface area contributed by atoms with E-state index in [-0.39, 0.29) is 18.1 Å². The molecule has 0 saturated carbocycles. The van der Waals surface area contributed by atoms with Gasteiger partial charge in [0.15, 0.2) is 0 Å². The average molecular weight is 335 g/mol. The van der Waals surface area contributed by atoms with E-state index in [0.717, 1.165) is 16.9 Å². The Morgan fingerprint density at radius 3 is 2.64 bits per heavy atom. The molecule has 0 unspecified atom stereocenters. The van der Waals surface area contributed by atoms with E-state index in [9.17, 15) is 9.18 Å². The van der Waals surface area contributed by atoms with Gasteiger partial charge in [0.25, 0.3) is 0 Å². The van der Waals surface area contributed by atoms with Crippen LogP contribution in [0.3, 0.4) is 0 Å².